The number of methoxy groups -OCH3 is 1. The predicted octanol–water partition coefficient (Wildman–Crippen LogP) is 3.12. The number of aliphatic hydroxyl groups is 1. The van der Waals surface area contributed by atoms with Gasteiger partial charge in [0.15, 0.2) is 0 Å². The minimum atomic E-state index is -0.560. The van der Waals surface area contributed by atoms with Gasteiger partial charge in [-0.05, 0) is 37.6 Å². The summed E-state index contributed by atoms with van der Waals surface area (Å²) in [5.41, 5.74) is 0.634. The highest BCUT2D eigenvalue weighted by molar-refractivity contribution is 5.85. The molecular weight excluding hydrogens is 274 g/mol. The van der Waals surface area contributed by atoms with Crippen molar-refractivity contribution in [2.75, 3.05) is 20.7 Å². The highest BCUT2D eigenvalue weighted by Crippen LogP contribution is 2.39. The molecule has 0 amide bonds. The predicted molar refractivity (Wildman–Crippen MR) is 84.9 cm³/mol. The molecule has 1 aliphatic rings. The summed E-state index contributed by atoms with van der Waals surface area (Å²) in [7, 11) is 3.62. The monoisotopic (exact) mass is 299 g/mol. The zero-order valence-corrected chi connectivity index (χ0v) is 13.2. The van der Waals surface area contributed by atoms with Crippen LogP contribution in [0.15, 0.2) is 24.3 Å². The average Bonchev–Trinajstić information content (AvgIpc) is 2.45. The van der Waals surface area contributed by atoms with Gasteiger partial charge in [0.2, 0.25) is 0 Å². The minimum absolute atomic E-state index is 0. The van der Waals surface area contributed by atoms with Gasteiger partial charge in [-0.2, -0.15) is 0 Å². The van der Waals surface area contributed by atoms with E-state index >= 15 is 0 Å². The van der Waals surface area contributed by atoms with E-state index in [0.29, 0.717) is 0 Å². The Labute approximate surface area is 128 Å². The van der Waals surface area contributed by atoms with Crippen LogP contribution in [0.3, 0.4) is 0 Å². The Balaban J connectivity index is 0.00000200. The Kier molecular flexibility index (Phi) is 6.80. The molecule has 2 rings (SSSR count). The van der Waals surface area contributed by atoms with E-state index in [0.717, 1.165) is 38.0 Å². The topological polar surface area (TPSA) is 41.5 Å². The van der Waals surface area contributed by atoms with E-state index in [4.69, 9.17) is 4.74 Å². The number of halogens is 1. The molecule has 0 aliphatic heterocycles. The molecule has 0 heterocycles. The average molecular weight is 300 g/mol. The van der Waals surface area contributed by atoms with Gasteiger partial charge in [-0.1, -0.05) is 31.4 Å². The summed E-state index contributed by atoms with van der Waals surface area (Å²) in [4.78, 5) is 0. The highest BCUT2D eigenvalue weighted by atomic mass is 35.5. The number of hydrogen-bond acceptors (Lipinski definition) is 3. The van der Waals surface area contributed by atoms with Gasteiger partial charge in [-0.3, -0.25) is 0 Å². The number of ether oxygens (including phenoxy) is 1. The second-order valence-electron chi connectivity index (χ2n) is 5.55. The summed E-state index contributed by atoms with van der Waals surface area (Å²) in [6.45, 7) is 0.808. The lowest BCUT2D eigenvalue weighted by Crippen LogP contribution is -2.42. The molecule has 1 aromatic carbocycles. The number of nitrogens with one attached hydrogen (secondary N) is 1. The Morgan fingerprint density at radius 2 is 1.80 bits per heavy atom. The minimum Gasteiger partial charge on any atom is -0.497 e. The molecule has 0 bridgehead atoms. The van der Waals surface area contributed by atoms with E-state index in [1.165, 1.54) is 12.0 Å². The smallest absolute Gasteiger partial charge is 0.118 e. The number of benzene rings is 1. The SMILES string of the molecule is CNCC(c1ccc(OC)cc1)C1(O)CCCCC1.Cl. The van der Waals surface area contributed by atoms with Gasteiger partial charge in [-0.15, -0.1) is 12.4 Å². The first kappa shape index (κ1) is 17.3. The van der Waals surface area contributed by atoms with Crippen LogP contribution in [0.25, 0.3) is 0 Å². The van der Waals surface area contributed by atoms with Crippen LogP contribution in [0.5, 0.6) is 5.75 Å². The maximum atomic E-state index is 11.0. The van der Waals surface area contributed by atoms with E-state index in [-0.39, 0.29) is 18.3 Å². The van der Waals surface area contributed by atoms with Crippen molar-refractivity contribution < 1.29 is 9.84 Å². The van der Waals surface area contributed by atoms with Gasteiger partial charge in [0.1, 0.15) is 5.75 Å². The molecule has 0 radical (unpaired) electrons. The zero-order valence-electron chi connectivity index (χ0n) is 12.4. The number of likely N-dealkylation sites (N-methyl/N-ethyl adjacent to an activating group) is 1. The van der Waals surface area contributed by atoms with Crippen molar-refractivity contribution in [1.82, 2.24) is 5.32 Å². The van der Waals surface area contributed by atoms with Gasteiger partial charge in [0.25, 0.3) is 0 Å². The van der Waals surface area contributed by atoms with E-state index in [1.807, 2.05) is 19.2 Å². The highest BCUT2D eigenvalue weighted by Gasteiger charge is 2.38. The lowest BCUT2D eigenvalue weighted by atomic mass is 9.73. The number of hydrogen-bond donors (Lipinski definition) is 2. The van der Waals surface area contributed by atoms with Crippen molar-refractivity contribution in [2.24, 2.45) is 0 Å². The summed E-state index contributed by atoms with van der Waals surface area (Å²) in [6, 6.07) is 8.11. The van der Waals surface area contributed by atoms with Gasteiger partial charge in [0.05, 0.1) is 12.7 Å². The molecule has 1 atom stereocenters. The second-order valence-corrected chi connectivity index (χ2v) is 5.55. The Hall–Kier alpha value is -0.770. The molecule has 1 aromatic rings. The van der Waals surface area contributed by atoms with Crippen LogP contribution in [0.1, 0.15) is 43.6 Å². The zero-order chi connectivity index (χ0) is 13.7. The Bertz CT molecular complexity index is 388. The molecule has 2 N–H and O–H groups in total. The van der Waals surface area contributed by atoms with E-state index in [2.05, 4.69) is 17.4 Å². The molecule has 0 aromatic heterocycles. The first-order chi connectivity index (χ1) is 9.19. The second kappa shape index (κ2) is 7.87. The summed E-state index contributed by atoms with van der Waals surface area (Å²) in [5, 5.41) is 14.2. The van der Waals surface area contributed by atoms with Gasteiger partial charge >= 0.3 is 0 Å². The van der Waals surface area contributed by atoms with Crippen LogP contribution in [0, 0.1) is 0 Å². The van der Waals surface area contributed by atoms with Crippen molar-refractivity contribution in [2.45, 2.75) is 43.6 Å². The Morgan fingerprint density at radius 3 is 2.30 bits per heavy atom. The lowest BCUT2D eigenvalue weighted by molar-refractivity contribution is -0.0211. The maximum Gasteiger partial charge on any atom is 0.118 e. The summed E-state index contributed by atoms with van der Waals surface area (Å²) in [6.07, 6.45) is 5.33. The molecule has 1 saturated carbocycles. The first-order valence-corrected chi connectivity index (χ1v) is 7.20. The van der Waals surface area contributed by atoms with E-state index in [1.54, 1.807) is 7.11 Å². The number of rotatable bonds is 5. The lowest BCUT2D eigenvalue weighted by Gasteiger charge is -2.39. The molecular formula is C16H26ClNO2. The van der Waals surface area contributed by atoms with Crippen LogP contribution in [0.4, 0.5) is 0 Å². The fourth-order valence-electron chi connectivity index (χ4n) is 3.17. The molecule has 20 heavy (non-hydrogen) atoms. The van der Waals surface area contributed by atoms with Crippen LogP contribution >= 0.6 is 12.4 Å². The summed E-state index contributed by atoms with van der Waals surface area (Å²) in [5.74, 6) is 1.02. The fraction of sp³-hybridized carbons (Fsp3) is 0.625. The van der Waals surface area contributed by atoms with Crippen molar-refractivity contribution in [1.29, 1.82) is 0 Å². The molecule has 1 aliphatic carbocycles. The van der Waals surface area contributed by atoms with Crippen molar-refractivity contribution in [3.8, 4) is 5.75 Å². The van der Waals surface area contributed by atoms with Crippen molar-refractivity contribution in [3.63, 3.8) is 0 Å². The van der Waals surface area contributed by atoms with Crippen LogP contribution < -0.4 is 10.1 Å². The third-order valence-corrected chi connectivity index (χ3v) is 4.29. The van der Waals surface area contributed by atoms with E-state index < -0.39 is 5.60 Å². The quantitative estimate of drug-likeness (QED) is 0.878. The maximum absolute atomic E-state index is 11.0. The van der Waals surface area contributed by atoms with Gasteiger partial charge in [-0.25, -0.2) is 0 Å². The molecule has 1 unspecified atom stereocenters. The Morgan fingerprint density at radius 1 is 1.20 bits per heavy atom. The van der Waals surface area contributed by atoms with Crippen LogP contribution in [-0.2, 0) is 0 Å². The molecule has 0 spiro atoms. The third-order valence-electron chi connectivity index (χ3n) is 4.29. The fourth-order valence-corrected chi connectivity index (χ4v) is 3.17. The van der Waals surface area contributed by atoms with E-state index in [9.17, 15) is 5.11 Å². The van der Waals surface area contributed by atoms with Crippen molar-refractivity contribution in [3.05, 3.63) is 29.8 Å². The first-order valence-electron chi connectivity index (χ1n) is 7.20. The van der Waals surface area contributed by atoms with Crippen molar-refractivity contribution >= 4 is 12.4 Å². The normalized spacial score (nSPS) is 18.9. The largest absolute Gasteiger partial charge is 0.497 e. The standard InChI is InChI=1S/C16H25NO2.ClH/c1-17-12-15(16(18)10-4-3-5-11-16)13-6-8-14(19-2)9-7-13;/h6-9,15,17-18H,3-5,10-12H2,1-2H3;1H. The van der Waals surface area contributed by atoms with Gasteiger partial charge in [0, 0.05) is 12.5 Å². The van der Waals surface area contributed by atoms with Crippen LogP contribution in [0.2, 0.25) is 0 Å². The summed E-state index contributed by atoms with van der Waals surface area (Å²) < 4.78 is 5.20. The summed E-state index contributed by atoms with van der Waals surface area (Å²) >= 11 is 0. The molecule has 114 valence electrons. The van der Waals surface area contributed by atoms with Crippen LogP contribution in [-0.4, -0.2) is 31.4 Å². The van der Waals surface area contributed by atoms with Gasteiger partial charge < -0.3 is 15.2 Å². The molecule has 3 nitrogen and oxygen atoms in total. The third kappa shape index (κ3) is 3.87. The molecule has 0 saturated heterocycles. The molecule has 4 heteroatoms. The molecule has 1 fully saturated rings.